The molecule has 1 aromatic carbocycles. The largest absolute Gasteiger partial charge is 0.234 e. The van der Waals surface area contributed by atoms with E-state index in [4.69, 9.17) is 11.6 Å². The summed E-state index contributed by atoms with van der Waals surface area (Å²) in [4.78, 5) is 9.69. The number of hydrogen-bond donors (Lipinski definition) is 0. The van der Waals surface area contributed by atoms with Crippen LogP contribution in [0.4, 0.5) is 0 Å². The molecule has 3 aromatic rings. The lowest BCUT2D eigenvalue weighted by Crippen LogP contribution is -1.76. The van der Waals surface area contributed by atoms with Crippen LogP contribution in [0.2, 0.25) is 5.15 Å². The van der Waals surface area contributed by atoms with Crippen molar-refractivity contribution in [2.24, 2.45) is 5.92 Å². The van der Waals surface area contributed by atoms with Crippen molar-refractivity contribution in [3.05, 3.63) is 47.1 Å². The molecule has 0 spiro atoms. The number of rotatable bonds is 1. The average Bonchev–Trinajstić information content (AvgIpc) is 2.92. The monoisotopic (exact) mass is 348 g/mol. The second-order valence-corrected chi connectivity index (χ2v) is 6.94. The number of benzene rings is 1. The molecule has 4 heteroatoms. The minimum absolute atomic E-state index is 0.511. The average molecular weight is 349 g/mol. The third kappa shape index (κ3) is 6.28. The first-order valence-electron chi connectivity index (χ1n) is 7.96. The molecule has 0 N–H and O–H groups in total. The Hall–Kier alpha value is -1.45. The molecule has 0 saturated heterocycles. The topological polar surface area (TPSA) is 25.8 Å². The van der Waals surface area contributed by atoms with E-state index in [9.17, 15) is 0 Å². The number of aryl methyl sites for hydroxylation is 1. The van der Waals surface area contributed by atoms with Crippen LogP contribution in [0.3, 0.4) is 0 Å². The van der Waals surface area contributed by atoms with Crippen LogP contribution in [0, 0.1) is 12.8 Å². The van der Waals surface area contributed by atoms with Gasteiger partial charge in [0.15, 0.2) is 0 Å². The zero-order valence-corrected chi connectivity index (χ0v) is 16.3. The predicted octanol–water partition coefficient (Wildman–Crippen LogP) is 7.01. The molecule has 2 nitrogen and oxygen atoms in total. The zero-order valence-electron chi connectivity index (χ0n) is 14.7. The highest BCUT2D eigenvalue weighted by molar-refractivity contribution is 7.21. The van der Waals surface area contributed by atoms with Crippen molar-refractivity contribution in [2.75, 3.05) is 0 Å². The highest BCUT2D eigenvalue weighted by Gasteiger charge is 2.07. The van der Waals surface area contributed by atoms with Gasteiger partial charge < -0.3 is 0 Å². The number of nitrogens with zero attached hydrogens (tertiary/aromatic N) is 2. The summed E-state index contributed by atoms with van der Waals surface area (Å²) in [5.41, 5.74) is 3.26. The Morgan fingerprint density at radius 2 is 1.48 bits per heavy atom. The van der Waals surface area contributed by atoms with Crippen molar-refractivity contribution in [2.45, 2.75) is 41.5 Å². The van der Waals surface area contributed by atoms with Crippen LogP contribution < -0.4 is 0 Å². The van der Waals surface area contributed by atoms with Crippen LogP contribution in [0.15, 0.2) is 36.4 Å². The molecule has 0 atom stereocenters. The molecule has 3 rings (SSSR count). The van der Waals surface area contributed by atoms with Gasteiger partial charge in [0, 0.05) is 5.56 Å². The van der Waals surface area contributed by atoms with Gasteiger partial charge in [-0.15, -0.1) is 0 Å². The van der Waals surface area contributed by atoms with Crippen molar-refractivity contribution < 1.29 is 0 Å². The van der Waals surface area contributed by atoms with Crippen LogP contribution in [0.1, 0.15) is 40.2 Å². The molecule has 0 radical (unpaired) electrons. The molecule has 2 aromatic heterocycles. The van der Waals surface area contributed by atoms with E-state index in [1.807, 2.05) is 19.9 Å². The van der Waals surface area contributed by atoms with Crippen LogP contribution in [-0.4, -0.2) is 9.97 Å². The van der Waals surface area contributed by atoms with Gasteiger partial charge in [-0.05, 0) is 25.0 Å². The van der Waals surface area contributed by atoms with E-state index in [0.717, 1.165) is 26.8 Å². The molecule has 23 heavy (non-hydrogen) atoms. The first-order valence-corrected chi connectivity index (χ1v) is 9.15. The van der Waals surface area contributed by atoms with Gasteiger partial charge in [-0.3, -0.25) is 0 Å². The van der Waals surface area contributed by atoms with Crippen LogP contribution in [0.25, 0.3) is 20.9 Å². The number of thiazole rings is 1. The van der Waals surface area contributed by atoms with Crippen molar-refractivity contribution >= 4 is 33.3 Å². The number of halogens is 1. The summed E-state index contributed by atoms with van der Waals surface area (Å²) in [6.07, 6.45) is 0. The highest BCUT2D eigenvalue weighted by atomic mass is 35.5. The molecule has 0 aliphatic rings. The van der Waals surface area contributed by atoms with Crippen molar-refractivity contribution in [3.8, 4) is 10.6 Å². The fraction of sp³-hybridized carbons (Fsp3) is 0.368. The Balaban J connectivity index is 0.000000388. The Morgan fingerprint density at radius 1 is 0.913 bits per heavy atom. The molecule has 124 valence electrons. The predicted molar refractivity (Wildman–Crippen MR) is 104 cm³/mol. The van der Waals surface area contributed by atoms with Gasteiger partial charge in [-0.25, -0.2) is 9.97 Å². The number of pyridine rings is 1. The Morgan fingerprint density at radius 3 is 2.04 bits per heavy atom. The maximum Gasteiger partial charge on any atom is 0.145 e. The fourth-order valence-corrected chi connectivity index (χ4v) is 2.76. The number of fused-ring (bicyclic) bond motifs is 1. The van der Waals surface area contributed by atoms with Crippen LogP contribution in [0.5, 0.6) is 0 Å². The summed E-state index contributed by atoms with van der Waals surface area (Å²) in [6, 6.07) is 12.0. The van der Waals surface area contributed by atoms with Crippen LogP contribution >= 0.6 is 22.9 Å². The lowest BCUT2D eigenvalue weighted by molar-refractivity contribution is 0.737. The van der Waals surface area contributed by atoms with Gasteiger partial charge >= 0.3 is 0 Å². The van der Waals surface area contributed by atoms with Gasteiger partial charge in [-0.2, -0.15) is 0 Å². The van der Waals surface area contributed by atoms with E-state index in [2.05, 4.69) is 61.9 Å². The van der Waals surface area contributed by atoms with Gasteiger partial charge in [-0.1, -0.05) is 87.4 Å². The lowest BCUT2D eigenvalue weighted by atomic mass is 10.2. The molecular formula is C19H25ClN2S. The van der Waals surface area contributed by atoms with E-state index in [1.54, 1.807) is 17.4 Å². The number of hydrogen-bond acceptors (Lipinski definition) is 3. The molecule has 0 unspecified atom stereocenters. The quantitative estimate of drug-likeness (QED) is 0.442. The SMILES string of the molecule is CC.CC(C)C.Cc1ccc(-c2nc3ccc(Cl)nc3s2)cc1. The van der Waals surface area contributed by atoms with Gasteiger partial charge in [0.2, 0.25) is 0 Å². The summed E-state index contributed by atoms with van der Waals surface area (Å²) in [6.45, 7) is 12.6. The molecule has 0 amide bonds. The Labute approximate surface area is 148 Å². The normalized spacial score (nSPS) is 9.91. The van der Waals surface area contributed by atoms with Gasteiger partial charge in [0.25, 0.3) is 0 Å². The lowest BCUT2D eigenvalue weighted by Gasteiger charge is -1.95. The summed E-state index contributed by atoms with van der Waals surface area (Å²) in [7, 11) is 0. The third-order valence-corrected chi connectivity index (χ3v) is 3.74. The van der Waals surface area contributed by atoms with E-state index in [0.29, 0.717) is 5.15 Å². The third-order valence-electron chi connectivity index (χ3n) is 2.52. The smallest absolute Gasteiger partial charge is 0.145 e. The first kappa shape index (κ1) is 19.6. The minimum Gasteiger partial charge on any atom is -0.234 e. The maximum atomic E-state index is 5.86. The second kappa shape index (κ2) is 9.64. The van der Waals surface area contributed by atoms with Gasteiger partial charge in [0.05, 0.1) is 0 Å². The van der Waals surface area contributed by atoms with E-state index >= 15 is 0 Å². The van der Waals surface area contributed by atoms with Crippen molar-refractivity contribution in [3.63, 3.8) is 0 Å². The van der Waals surface area contributed by atoms with Crippen LogP contribution in [-0.2, 0) is 0 Å². The first-order chi connectivity index (χ1) is 11.0. The summed E-state index contributed by atoms with van der Waals surface area (Å²) in [5, 5.41) is 1.49. The van der Waals surface area contributed by atoms with E-state index in [1.165, 1.54) is 5.56 Å². The molecular weight excluding hydrogens is 324 g/mol. The summed E-state index contributed by atoms with van der Waals surface area (Å²) < 4.78 is 0. The fourth-order valence-electron chi connectivity index (χ4n) is 1.61. The highest BCUT2D eigenvalue weighted by Crippen LogP contribution is 2.29. The van der Waals surface area contributed by atoms with Crippen molar-refractivity contribution in [1.29, 1.82) is 0 Å². The standard InChI is InChI=1S/C13H9ClN2S.C4H10.C2H6/c1-8-2-4-9(5-3-8)12-15-10-6-7-11(14)16-13(10)17-12;1-4(2)3;1-2/h2-7H,1H3;4H,1-3H3;1-2H3. The second-order valence-electron chi connectivity index (χ2n) is 5.58. The molecule has 0 aliphatic heterocycles. The molecule has 0 bridgehead atoms. The Kier molecular flexibility index (Phi) is 8.21. The van der Waals surface area contributed by atoms with Crippen molar-refractivity contribution in [1.82, 2.24) is 9.97 Å². The maximum absolute atomic E-state index is 5.86. The van der Waals surface area contributed by atoms with E-state index < -0.39 is 0 Å². The Bertz CT molecular complexity index is 715. The minimum atomic E-state index is 0.511. The molecule has 2 heterocycles. The number of aromatic nitrogens is 2. The summed E-state index contributed by atoms with van der Waals surface area (Å²) in [5.74, 6) is 0.833. The van der Waals surface area contributed by atoms with Gasteiger partial charge in [0.1, 0.15) is 20.5 Å². The molecule has 0 aliphatic carbocycles. The summed E-state index contributed by atoms with van der Waals surface area (Å²) >= 11 is 7.43. The molecule has 0 saturated carbocycles. The zero-order chi connectivity index (χ0) is 17.4. The van der Waals surface area contributed by atoms with E-state index in [-0.39, 0.29) is 0 Å². The molecule has 0 fully saturated rings.